The van der Waals surface area contributed by atoms with Crippen molar-refractivity contribution < 1.29 is 9.21 Å². The molecule has 0 aliphatic heterocycles. The van der Waals surface area contributed by atoms with Crippen LogP contribution in [-0.2, 0) is 12.1 Å². The quantitative estimate of drug-likeness (QED) is 0.890. The van der Waals surface area contributed by atoms with Crippen LogP contribution in [0.3, 0.4) is 0 Å². The van der Waals surface area contributed by atoms with Gasteiger partial charge >= 0.3 is 6.03 Å². The van der Waals surface area contributed by atoms with Gasteiger partial charge < -0.3 is 14.6 Å². The number of furan rings is 1. The number of hydrogen-bond donors (Lipinski definition) is 1. The SMILES string of the molecule is C=C(C)c1cccc(C(C)(C)NC(=O)N(C)Cc2ccco2)c1. The molecule has 2 aromatic rings. The van der Waals surface area contributed by atoms with E-state index in [2.05, 4.69) is 18.0 Å². The second-order valence-corrected chi connectivity index (χ2v) is 6.35. The molecular formula is C19H24N2O2. The van der Waals surface area contributed by atoms with Crippen LogP contribution >= 0.6 is 0 Å². The van der Waals surface area contributed by atoms with Gasteiger partial charge in [0.15, 0.2) is 0 Å². The second kappa shape index (κ2) is 6.73. The van der Waals surface area contributed by atoms with Gasteiger partial charge in [0.25, 0.3) is 0 Å². The van der Waals surface area contributed by atoms with E-state index in [4.69, 9.17) is 4.42 Å². The number of carbonyl (C=O) groups excluding carboxylic acids is 1. The van der Waals surface area contributed by atoms with Gasteiger partial charge in [-0.15, -0.1) is 0 Å². The fraction of sp³-hybridized carbons (Fsp3) is 0.316. The molecular weight excluding hydrogens is 288 g/mol. The Morgan fingerprint density at radius 3 is 2.65 bits per heavy atom. The van der Waals surface area contributed by atoms with Crippen LogP contribution in [0.25, 0.3) is 5.57 Å². The molecule has 0 saturated heterocycles. The number of amides is 2. The monoisotopic (exact) mass is 312 g/mol. The van der Waals surface area contributed by atoms with Crippen molar-refractivity contribution in [2.24, 2.45) is 0 Å². The van der Waals surface area contributed by atoms with Crippen LogP contribution in [0.5, 0.6) is 0 Å². The zero-order valence-corrected chi connectivity index (χ0v) is 14.2. The van der Waals surface area contributed by atoms with Gasteiger partial charge in [-0.1, -0.05) is 30.4 Å². The molecule has 0 spiro atoms. The summed E-state index contributed by atoms with van der Waals surface area (Å²) in [6.07, 6.45) is 1.61. The highest BCUT2D eigenvalue weighted by Crippen LogP contribution is 2.23. The van der Waals surface area contributed by atoms with E-state index in [1.54, 1.807) is 18.2 Å². The summed E-state index contributed by atoms with van der Waals surface area (Å²) in [6, 6.07) is 11.6. The van der Waals surface area contributed by atoms with E-state index < -0.39 is 5.54 Å². The number of hydrogen-bond acceptors (Lipinski definition) is 2. The van der Waals surface area contributed by atoms with Crippen molar-refractivity contribution in [2.75, 3.05) is 7.05 Å². The first-order chi connectivity index (χ1) is 10.8. The predicted octanol–water partition coefficient (Wildman–Crippen LogP) is 4.39. The van der Waals surface area contributed by atoms with Crippen molar-refractivity contribution >= 4 is 11.6 Å². The van der Waals surface area contributed by atoms with Gasteiger partial charge in [-0.2, -0.15) is 0 Å². The average molecular weight is 312 g/mol. The molecule has 0 bridgehead atoms. The highest BCUT2D eigenvalue weighted by Gasteiger charge is 2.25. The molecule has 23 heavy (non-hydrogen) atoms. The third kappa shape index (κ3) is 4.25. The number of carbonyl (C=O) groups is 1. The highest BCUT2D eigenvalue weighted by atomic mass is 16.3. The summed E-state index contributed by atoms with van der Waals surface area (Å²) in [4.78, 5) is 14.0. The predicted molar refractivity (Wildman–Crippen MR) is 92.9 cm³/mol. The van der Waals surface area contributed by atoms with Crippen LogP contribution in [-0.4, -0.2) is 18.0 Å². The van der Waals surface area contributed by atoms with Crippen LogP contribution in [0.1, 0.15) is 37.7 Å². The van der Waals surface area contributed by atoms with Gasteiger partial charge in [0.05, 0.1) is 18.3 Å². The lowest BCUT2D eigenvalue weighted by Crippen LogP contribution is -2.46. The van der Waals surface area contributed by atoms with Gasteiger partial charge in [-0.05, 0) is 50.1 Å². The highest BCUT2D eigenvalue weighted by molar-refractivity contribution is 5.75. The fourth-order valence-electron chi connectivity index (χ4n) is 2.32. The van der Waals surface area contributed by atoms with Crippen LogP contribution in [0, 0.1) is 0 Å². The van der Waals surface area contributed by atoms with E-state index in [1.807, 2.05) is 51.1 Å². The molecule has 1 aromatic heterocycles. The molecule has 0 fully saturated rings. The lowest BCUT2D eigenvalue weighted by Gasteiger charge is -2.30. The van der Waals surface area contributed by atoms with Gasteiger partial charge in [0, 0.05) is 7.05 Å². The average Bonchev–Trinajstić information content (AvgIpc) is 2.99. The zero-order valence-electron chi connectivity index (χ0n) is 14.2. The molecule has 122 valence electrons. The summed E-state index contributed by atoms with van der Waals surface area (Å²) in [7, 11) is 1.75. The molecule has 0 saturated carbocycles. The first-order valence-electron chi connectivity index (χ1n) is 7.61. The molecule has 0 aliphatic rings. The number of benzene rings is 1. The summed E-state index contributed by atoms with van der Waals surface area (Å²) in [5.74, 6) is 0.754. The van der Waals surface area contributed by atoms with Gasteiger partial charge in [-0.3, -0.25) is 0 Å². The van der Waals surface area contributed by atoms with E-state index in [0.29, 0.717) is 6.54 Å². The molecule has 2 amide bonds. The van der Waals surface area contributed by atoms with Gasteiger partial charge in [0.1, 0.15) is 5.76 Å². The lowest BCUT2D eigenvalue weighted by atomic mass is 9.92. The molecule has 4 heteroatoms. The number of nitrogens with one attached hydrogen (secondary N) is 1. The molecule has 0 atom stereocenters. The molecule has 1 aromatic carbocycles. The van der Waals surface area contributed by atoms with Crippen molar-refractivity contribution in [3.05, 3.63) is 66.1 Å². The van der Waals surface area contributed by atoms with Crippen LogP contribution in [0.4, 0.5) is 4.79 Å². The van der Waals surface area contributed by atoms with E-state index in [0.717, 1.165) is 22.5 Å². The Labute approximate surface area is 137 Å². The van der Waals surface area contributed by atoms with Crippen molar-refractivity contribution in [2.45, 2.75) is 32.9 Å². The van der Waals surface area contributed by atoms with Gasteiger partial charge in [-0.25, -0.2) is 4.79 Å². The second-order valence-electron chi connectivity index (χ2n) is 6.35. The van der Waals surface area contributed by atoms with Crippen molar-refractivity contribution in [1.29, 1.82) is 0 Å². The van der Waals surface area contributed by atoms with E-state index in [1.165, 1.54) is 0 Å². The van der Waals surface area contributed by atoms with E-state index in [-0.39, 0.29) is 6.03 Å². The molecule has 1 heterocycles. The summed E-state index contributed by atoms with van der Waals surface area (Å²) in [5, 5.41) is 3.07. The maximum absolute atomic E-state index is 12.4. The first kappa shape index (κ1) is 16.9. The van der Waals surface area contributed by atoms with Crippen molar-refractivity contribution in [3.8, 4) is 0 Å². The minimum atomic E-state index is -0.486. The third-order valence-corrected chi connectivity index (χ3v) is 3.82. The summed E-state index contributed by atoms with van der Waals surface area (Å²) < 4.78 is 5.28. The normalized spacial score (nSPS) is 11.1. The Balaban J connectivity index is 2.09. The van der Waals surface area contributed by atoms with Gasteiger partial charge in [0.2, 0.25) is 0 Å². The Kier molecular flexibility index (Phi) is 4.94. The Morgan fingerprint density at radius 2 is 2.04 bits per heavy atom. The Morgan fingerprint density at radius 1 is 1.30 bits per heavy atom. The minimum absolute atomic E-state index is 0.146. The fourth-order valence-corrected chi connectivity index (χ4v) is 2.32. The van der Waals surface area contributed by atoms with Crippen molar-refractivity contribution in [3.63, 3.8) is 0 Å². The topological polar surface area (TPSA) is 45.5 Å². The molecule has 2 rings (SSSR count). The number of nitrogens with zero attached hydrogens (tertiary/aromatic N) is 1. The maximum Gasteiger partial charge on any atom is 0.318 e. The van der Waals surface area contributed by atoms with Crippen LogP contribution < -0.4 is 5.32 Å². The summed E-state index contributed by atoms with van der Waals surface area (Å²) in [6.45, 7) is 10.4. The molecule has 1 N–H and O–H groups in total. The Bertz CT molecular complexity index is 687. The minimum Gasteiger partial charge on any atom is -0.467 e. The maximum atomic E-state index is 12.4. The molecule has 4 nitrogen and oxygen atoms in total. The number of rotatable bonds is 5. The summed E-state index contributed by atoms with van der Waals surface area (Å²) in [5.41, 5.74) is 2.63. The molecule has 0 aliphatic carbocycles. The number of allylic oxidation sites excluding steroid dienone is 1. The van der Waals surface area contributed by atoms with Crippen LogP contribution in [0.2, 0.25) is 0 Å². The number of urea groups is 1. The standard InChI is InChI=1S/C19H24N2O2/c1-14(2)15-8-6-9-16(12-15)19(3,4)20-18(22)21(5)13-17-10-7-11-23-17/h6-12H,1,13H2,2-5H3,(H,20,22). The van der Waals surface area contributed by atoms with Crippen LogP contribution in [0.15, 0.2) is 53.7 Å². The lowest BCUT2D eigenvalue weighted by molar-refractivity contribution is 0.191. The van der Waals surface area contributed by atoms with E-state index in [9.17, 15) is 4.79 Å². The Hall–Kier alpha value is -2.49. The third-order valence-electron chi connectivity index (χ3n) is 3.82. The summed E-state index contributed by atoms with van der Waals surface area (Å²) >= 11 is 0. The zero-order chi connectivity index (χ0) is 17.0. The largest absolute Gasteiger partial charge is 0.467 e. The molecule has 0 unspecified atom stereocenters. The molecule has 0 radical (unpaired) electrons. The first-order valence-corrected chi connectivity index (χ1v) is 7.61. The van der Waals surface area contributed by atoms with E-state index >= 15 is 0 Å². The smallest absolute Gasteiger partial charge is 0.318 e. The van der Waals surface area contributed by atoms with Crippen molar-refractivity contribution in [1.82, 2.24) is 10.2 Å².